The lowest BCUT2D eigenvalue weighted by atomic mass is 10.1. The maximum atomic E-state index is 9.62. The molecule has 1 unspecified atom stereocenters. The highest BCUT2D eigenvalue weighted by Gasteiger charge is 2.15. The molecular weight excluding hydrogens is 218 g/mol. The molecule has 0 radical (unpaired) electrons. The van der Waals surface area contributed by atoms with Crippen LogP contribution in [0.25, 0.3) is 0 Å². The molecule has 5 nitrogen and oxygen atoms in total. The second kappa shape index (κ2) is 5.56. The number of hydrogen-bond donors (Lipinski definition) is 2. The van der Waals surface area contributed by atoms with E-state index in [1.54, 1.807) is 0 Å². The summed E-state index contributed by atoms with van der Waals surface area (Å²) in [5.74, 6) is 0.809. The van der Waals surface area contributed by atoms with Crippen molar-refractivity contribution in [1.29, 1.82) is 0 Å². The van der Waals surface area contributed by atoms with E-state index in [9.17, 15) is 5.11 Å². The lowest BCUT2D eigenvalue weighted by Crippen LogP contribution is -2.07. The molecule has 1 heterocycles. The number of nitrogens with zero attached hydrogens (tertiary/aromatic N) is 2. The average Bonchev–Trinajstić information content (AvgIpc) is 2.79. The van der Waals surface area contributed by atoms with E-state index in [-0.39, 0.29) is 5.89 Å². The van der Waals surface area contributed by atoms with E-state index < -0.39 is 6.10 Å². The first-order chi connectivity index (χ1) is 8.29. The molecule has 0 aliphatic heterocycles. The molecule has 2 rings (SSSR count). The molecule has 5 heteroatoms. The van der Waals surface area contributed by atoms with Crippen LogP contribution >= 0.6 is 0 Å². The topological polar surface area (TPSA) is 85.2 Å². The molecule has 3 N–H and O–H groups in total. The maximum absolute atomic E-state index is 9.62. The molecule has 90 valence electrons. The van der Waals surface area contributed by atoms with Gasteiger partial charge in [-0.2, -0.15) is 4.98 Å². The predicted octanol–water partition coefficient (Wildman–Crippen LogP) is 1.04. The molecule has 1 aromatic carbocycles. The van der Waals surface area contributed by atoms with Crippen molar-refractivity contribution in [2.45, 2.75) is 18.9 Å². The Morgan fingerprint density at radius 2 is 2.06 bits per heavy atom. The number of nitrogens with two attached hydrogens (primary N) is 1. The fourth-order valence-corrected chi connectivity index (χ4v) is 1.53. The second-order valence-electron chi connectivity index (χ2n) is 3.80. The number of rotatable bonds is 5. The Hall–Kier alpha value is -1.72. The fourth-order valence-electron chi connectivity index (χ4n) is 1.53. The van der Waals surface area contributed by atoms with Crippen LogP contribution in [0.15, 0.2) is 34.9 Å². The van der Waals surface area contributed by atoms with Gasteiger partial charge in [-0.05, 0) is 18.5 Å². The molecular formula is C12H15N3O2. The van der Waals surface area contributed by atoms with Gasteiger partial charge in [-0.1, -0.05) is 35.5 Å². The summed E-state index contributed by atoms with van der Waals surface area (Å²) in [6, 6.07) is 9.86. The number of hydrogen-bond acceptors (Lipinski definition) is 5. The van der Waals surface area contributed by atoms with E-state index in [1.807, 2.05) is 30.3 Å². The molecule has 0 bridgehead atoms. The van der Waals surface area contributed by atoms with Gasteiger partial charge in [0.05, 0.1) is 0 Å². The summed E-state index contributed by atoms with van der Waals surface area (Å²) in [4.78, 5) is 4.14. The van der Waals surface area contributed by atoms with Gasteiger partial charge in [0.25, 0.3) is 5.89 Å². The highest BCUT2D eigenvalue weighted by molar-refractivity contribution is 5.18. The van der Waals surface area contributed by atoms with Crippen LogP contribution in [-0.2, 0) is 6.42 Å². The summed E-state index contributed by atoms with van der Waals surface area (Å²) in [5.41, 5.74) is 6.45. The SMILES string of the molecule is NCCC(O)c1nc(Cc2ccccc2)no1. The number of aromatic nitrogens is 2. The Morgan fingerprint density at radius 1 is 1.29 bits per heavy atom. The summed E-state index contributed by atoms with van der Waals surface area (Å²) in [5, 5.41) is 13.5. The molecule has 17 heavy (non-hydrogen) atoms. The third-order valence-corrected chi connectivity index (χ3v) is 2.41. The minimum atomic E-state index is -0.767. The lowest BCUT2D eigenvalue weighted by Gasteiger charge is -2.01. The van der Waals surface area contributed by atoms with Gasteiger partial charge >= 0.3 is 0 Å². The Bertz CT molecular complexity index is 456. The molecule has 0 saturated heterocycles. The first-order valence-corrected chi connectivity index (χ1v) is 5.54. The Labute approximate surface area is 99.3 Å². The lowest BCUT2D eigenvalue weighted by molar-refractivity contribution is 0.127. The summed E-state index contributed by atoms with van der Waals surface area (Å²) >= 11 is 0. The van der Waals surface area contributed by atoms with Gasteiger partial charge in [0.2, 0.25) is 0 Å². The van der Waals surface area contributed by atoms with Crippen LogP contribution in [0.5, 0.6) is 0 Å². The number of benzene rings is 1. The standard InChI is InChI=1S/C12H15N3O2/c13-7-6-10(16)12-14-11(15-17-12)8-9-4-2-1-3-5-9/h1-5,10,16H,6-8,13H2. The quantitative estimate of drug-likeness (QED) is 0.806. The highest BCUT2D eigenvalue weighted by Crippen LogP contribution is 2.14. The van der Waals surface area contributed by atoms with Gasteiger partial charge in [0, 0.05) is 6.42 Å². The minimum Gasteiger partial charge on any atom is -0.383 e. The van der Waals surface area contributed by atoms with E-state index in [2.05, 4.69) is 10.1 Å². The fraction of sp³-hybridized carbons (Fsp3) is 0.333. The van der Waals surface area contributed by atoms with Crippen molar-refractivity contribution in [3.8, 4) is 0 Å². The van der Waals surface area contributed by atoms with Crippen LogP contribution in [0.4, 0.5) is 0 Å². The van der Waals surface area contributed by atoms with Crippen LogP contribution in [0.3, 0.4) is 0 Å². The molecule has 0 fully saturated rings. The zero-order valence-electron chi connectivity index (χ0n) is 9.41. The zero-order chi connectivity index (χ0) is 12.1. The molecule has 0 amide bonds. The van der Waals surface area contributed by atoms with E-state index in [0.29, 0.717) is 25.2 Å². The first-order valence-electron chi connectivity index (χ1n) is 5.54. The molecule has 0 spiro atoms. The van der Waals surface area contributed by atoms with Gasteiger partial charge in [0.15, 0.2) is 5.82 Å². The monoisotopic (exact) mass is 233 g/mol. The van der Waals surface area contributed by atoms with Crippen LogP contribution in [0, 0.1) is 0 Å². The second-order valence-corrected chi connectivity index (χ2v) is 3.80. The molecule has 1 atom stereocenters. The summed E-state index contributed by atoms with van der Waals surface area (Å²) in [6.07, 6.45) is 0.254. The van der Waals surface area contributed by atoms with Crippen LogP contribution in [0.1, 0.15) is 29.8 Å². The van der Waals surface area contributed by atoms with Crippen molar-refractivity contribution < 1.29 is 9.63 Å². The Balaban J connectivity index is 2.04. The van der Waals surface area contributed by atoms with Gasteiger partial charge in [-0.15, -0.1) is 0 Å². The van der Waals surface area contributed by atoms with Gasteiger partial charge < -0.3 is 15.4 Å². The van der Waals surface area contributed by atoms with Crippen LogP contribution < -0.4 is 5.73 Å². The van der Waals surface area contributed by atoms with Gasteiger partial charge in [-0.3, -0.25) is 0 Å². The van der Waals surface area contributed by atoms with E-state index >= 15 is 0 Å². The first kappa shape index (κ1) is 11.8. The Morgan fingerprint density at radius 3 is 2.76 bits per heavy atom. The Kier molecular flexibility index (Phi) is 3.85. The summed E-state index contributed by atoms with van der Waals surface area (Å²) in [6.45, 7) is 0.386. The smallest absolute Gasteiger partial charge is 0.255 e. The van der Waals surface area contributed by atoms with Crippen molar-refractivity contribution >= 4 is 0 Å². The van der Waals surface area contributed by atoms with Crippen molar-refractivity contribution in [1.82, 2.24) is 10.1 Å². The highest BCUT2D eigenvalue weighted by atomic mass is 16.5. The van der Waals surface area contributed by atoms with E-state index in [1.165, 1.54) is 0 Å². The zero-order valence-corrected chi connectivity index (χ0v) is 9.41. The molecule has 2 aromatic rings. The third-order valence-electron chi connectivity index (χ3n) is 2.41. The summed E-state index contributed by atoms with van der Waals surface area (Å²) < 4.78 is 4.98. The number of aliphatic hydroxyl groups is 1. The van der Waals surface area contributed by atoms with E-state index in [0.717, 1.165) is 5.56 Å². The van der Waals surface area contributed by atoms with Crippen molar-refractivity contribution in [2.24, 2.45) is 5.73 Å². The van der Waals surface area contributed by atoms with Crippen LogP contribution in [0.2, 0.25) is 0 Å². The van der Waals surface area contributed by atoms with Crippen molar-refractivity contribution in [3.05, 3.63) is 47.6 Å². The van der Waals surface area contributed by atoms with Gasteiger partial charge in [-0.25, -0.2) is 0 Å². The van der Waals surface area contributed by atoms with E-state index in [4.69, 9.17) is 10.3 Å². The van der Waals surface area contributed by atoms with Crippen molar-refractivity contribution in [3.63, 3.8) is 0 Å². The molecule has 0 aliphatic carbocycles. The predicted molar refractivity (Wildman–Crippen MR) is 62.2 cm³/mol. The molecule has 1 aromatic heterocycles. The largest absolute Gasteiger partial charge is 0.383 e. The number of aliphatic hydroxyl groups excluding tert-OH is 1. The summed E-state index contributed by atoms with van der Waals surface area (Å²) in [7, 11) is 0. The average molecular weight is 233 g/mol. The molecule has 0 aliphatic rings. The van der Waals surface area contributed by atoms with Gasteiger partial charge in [0.1, 0.15) is 6.10 Å². The van der Waals surface area contributed by atoms with Crippen molar-refractivity contribution in [2.75, 3.05) is 6.54 Å². The third kappa shape index (κ3) is 3.12. The normalized spacial score (nSPS) is 12.6. The molecule has 0 saturated carbocycles. The maximum Gasteiger partial charge on any atom is 0.255 e. The van der Waals surface area contributed by atoms with Crippen LogP contribution in [-0.4, -0.2) is 21.8 Å². The minimum absolute atomic E-state index is 0.237.